The van der Waals surface area contributed by atoms with Gasteiger partial charge >= 0.3 is 0 Å². The second-order valence-electron chi connectivity index (χ2n) is 6.72. The van der Waals surface area contributed by atoms with Crippen LogP contribution in [0.5, 0.6) is 0 Å². The molecule has 0 amide bonds. The van der Waals surface area contributed by atoms with Gasteiger partial charge in [-0.05, 0) is 39.6 Å². The first-order valence-electron chi connectivity index (χ1n) is 7.42. The van der Waals surface area contributed by atoms with Crippen LogP contribution in [0.4, 0.5) is 0 Å². The van der Waals surface area contributed by atoms with Gasteiger partial charge < -0.3 is 10.5 Å². The van der Waals surface area contributed by atoms with Crippen molar-refractivity contribution in [3.8, 4) is 6.07 Å². The zero-order valence-corrected chi connectivity index (χ0v) is 15.2. The highest BCUT2D eigenvalue weighted by Crippen LogP contribution is 2.48. The van der Waals surface area contributed by atoms with E-state index in [-0.39, 0.29) is 17.1 Å². The molecule has 1 aliphatic carbocycles. The molecule has 4 nitrogen and oxygen atoms in total. The summed E-state index contributed by atoms with van der Waals surface area (Å²) in [6.07, 6.45) is 1.10. The highest BCUT2D eigenvalue weighted by molar-refractivity contribution is 14.1. The van der Waals surface area contributed by atoms with E-state index < -0.39 is 5.92 Å². The Morgan fingerprint density at radius 2 is 2.04 bits per heavy atom. The number of Topliss-reactive ketones (excluding diaryl/α,β-unsaturated/α-hetero) is 1. The molecule has 1 aromatic rings. The van der Waals surface area contributed by atoms with E-state index in [9.17, 15) is 10.1 Å². The monoisotopic (exact) mass is 420 g/mol. The van der Waals surface area contributed by atoms with Gasteiger partial charge in [0, 0.05) is 22.0 Å². The lowest BCUT2D eigenvalue weighted by Crippen LogP contribution is -2.33. The molecular weight excluding hydrogens is 403 g/mol. The molecule has 118 valence electrons. The number of carbonyl (C=O) groups excluding carboxylic acids is 1. The summed E-state index contributed by atoms with van der Waals surface area (Å²) in [5.74, 6) is 0.343. The Balaban J connectivity index is 2.22. The topological polar surface area (TPSA) is 76.1 Å². The number of halogens is 1. The van der Waals surface area contributed by atoms with E-state index >= 15 is 0 Å². The molecule has 1 heterocycles. The first-order valence-corrected chi connectivity index (χ1v) is 8.50. The Hall–Kier alpha value is -1.81. The van der Waals surface area contributed by atoms with Crippen molar-refractivity contribution >= 4 is 28.4 Å². The molecule has 0 saturated carbocycles. The number of ether oxygens (including phenoxy) is 1. The number of nitriles is 1. The second kappa shape index (κ2) is 5.68. The smallest absolute Gasteiger partial charge is 0.205 e. The molecule has 1 aromatic carbocycles. The zero-order chi connectivity index (χ0) is 16.8. The predicted molar refractivity (Wildman–Crippen MR) is 94.9 cm³/mol. The third-order valence-corrected chi connectivity index (χ3v) is 5.27. The summed E-state index contributed by atoms with van der Waals surface area (Å²) in [5, 5.41) is 9.56. The molecule has 5 heteroatoms. The number of nitrogens with zero attached hydrogens (tertiary/aromatic N) is 1. The maximum Gasteiger partial charge on any atom is 0.205 e. The molecule has 0 spiro atoms. The quantitative estimate of drug-likeness (QED) is 0.703. The molecule has 0 aromatic heterocycles. The standard InChI is InChI=1S/C18H17IN2O2/c1-18(2)7-13(22)16-14(8-18)23-17(21)11(9-20)15(16)10-5-3-4-6-12(10)19/h3-6,15H,7-8,21H2,1-2H3. The minimum absolute atomic E-state index is 0.0427. The van der Waals surface area contributed by atoms with Crippen LogP contribution in [0.2, 0.25) is 0 Å². The first-order chi connectivity index (χ1) is 10.8. The van der Waals surface area contributed by atoms with Crippen molar-refractivity contribution in [3.05, 3.63) is 56.2 Å². The molecule has 1 atom stereocenters. The molecule has 1 aliphatic heterocycles. The average Bonchev–Trinajstić information content (AvgIpc) is 2.45. The Morgan fingerprint density at radius 1 is 1.35 bits per heavy atom. The SMILES string of the molecule is CC1(C)CC(=O)C2=C(C1)OC(N)=C(C#N)C2c1ccccc1I. The van der Waals surface area contributed by atoms with Gasteiger partial charge in [0.05, 0.1) is 5.92 Å². The van der Waals surface area contributed by atoms with Crippen molar-refractivity contribution in [2.75, 3.05) is 0 Å². The lowest BCUT2D eigenvalue weighted by atomic mass is 9.70. The van der Waals surface area contributed by atoms with Crippen molar-refractivity contribution in [2.45, 2.75) is 32.6 Å². The summed E-state index contributed by atoms with van der Waals surface area (Å²) >= 11 is 2.23. The molecule has 2 N–H and O–H groups in total. The van der Waals surface area contributed by atoms with Crippen LogP contribution < -0.4 is 5.73 Å². The van der Waals surface area contributed by atoms with Gasteiger partial charge in [0.15, 0.2) is 5.78 Å². The van der Waals surface area contributed by atoms with Gasteiger partial charge in [0.1, 0.15) is 17.4 Å². The van der Waals surface area contributed by atoms with E-state index in [1.54, 1.807) is 0 Å². The fourth-order valence-corrected chi connectivity index (χ4v) is 4.00. The fourth-order valence-electron chi connectivity index (χ4n) is 3.30. The first kappa shape index (κ1) is 16.1. The van der Waals surface area contributed by atoms with Crippen molar-refractivity contribution in [1.29, 1.82) is 5.26 Å². The minimum atomic E-state index is -0.430. The summed E-state index contributed by atoms with van der Waals surface area (Å²) < 4.78 is 6.68. The number of allylic oxidation sites excluding steroid dienone is 3. The molecular formula is C18H17IN2O2. The Kier molecular flexibility index (Phi) is 3.96. The average molecular weight is 420 g/mol. The maximum absolute atomic E-state index is 12.8. The van der Waals surface area contributed by atoms with E-state index in [2.05, 4.69) is 28.7 Å². The Bertz CT molecular complexity index is 799. The maximum atomic E-state index is 12.8. The number of nitrogens with two attached hydrogens (primary N) is 1. The van der Waals surface area contributed by atoms with Crippen molar-refractivity contribution in [2.24, 2.45) is 11.1 Å². The van der Waals surface area contributed by atoms with E-state index in [4.69, 9.17) is 10.5 Å². The van der Waals surface area contributed by atoms with Gasteiger partial charge in [0.2, 0.25) is 5.88 Å². The number of hydrogen-bond acceptors (Lipinski definition) is 4. The summed E-state index contributed by atoms with van der Waals surface area (Å²) in [6.45, 7) is 4.08. The second-order valence-corrected chi connectivity index (χ2v) is 7.89. The van der Waals surface area contributed by atoms with Crippen LogP contribution in [-0.4, -0.2) is 5.78 Å². The van der Waals surface area contributed by atoms with Crippen LogP contribution in [0.15, 0.2) is 47.1 Å². The van der Waals surface area contributed by atoms with Gasteiger partial charge in [-0.25, -0.2) is 0 Å². The normalized spacial score (nSPS) is 23.2. The van der Waals surface area contributed by atoms with Gasteiger partial charge in [-0.3, -0.25) is 4.79 Å². The van der Waals surface area contributed by atoms with Crippen molar-refractivity contribution in [3.63, 3.8) is 0 Å². The Labute approximate surface area is 149 Å². The van der Waals surface area contributed by atoms with Crippen LogP contribution in [-0.2, 0) is 9.53 Å². The van der Waals surface area contributed by atoms with Gasteiger partial charge in [0.25, 0.3) is 0 Å². The van der Waals surface area contributed by atoms with Crippen LogP contribution in [0, 0.1) is 20.3 Å². The third-order valence-electron chi connectivity index (χ3n) is 4.29. The van der Waals surface area contributed by atoms with Gasteiger partial charge in [-0.15, -0.1) is 0 Å². The molecule has 23 heavy (non-hydrogen) atoms. The van der Waals surface area contributed by atoms with Crippen molar-refractivity contribution < 1.29 is 9.53 Å². The molecule has 3 rings (SSSR count). The number of rotatable bonds is 1. The summed E-state index contributed by atoms with van der Waals surface area (Å²) in [4.78, 5) is 12.8. The van der Waals surface area contributed by atoms with E-state index in [0.29, 0.717) is 29.7 Å². The molecule has 0 radical (unpaired) electrons. The highest BCUT2D eigenvalue weighted by Gasteiger charge is 2.43. The van der Waals surface area contributed by atoms with Gasteiger partial charge in [-0.1, -0.05) is 32.0 Å². The minimum Gasteiger partial charge on any atom is -0.444 e. The van der Waals surface area contributed by atoms with Crippen LogP contribution >= 0.6 is 22.6 Å². The van der Waals surface area contributed by atoms with Crippen LogP contribution in [0.3, 0.4) is 0 Å². The third kappa shape index (κ3) is 2.76. The fraction of sp³-hybridized carbons (Fsp3) is 0.333. The lowest BCUT2D eigenvalue weighted by Gasteiger charge is -2.37. The summed E-state index contributed by atoms with van der Waals surface area (Å²) in [6, 6.07) is 9.90. The molecule has 0 bridgehead atoms. The number of hydrogen-bond donors (Lipinski definition) is 1. The highest BCUT2D eigenvalue weighted by atomic mass is 127. The molecule has 0 fully saturated rings. The molecule has 2 aliphatic rings. The van der Waals surface area contributed by atoms with E-state index in [1.807, 2.05) is 38.1 Å². The molecule has 1 unspecified atom stereocenters. The van der Waals surface area contributed by atoms with E-state index in [1.165, 1.54) is 0 Å². The summed E-state index contributed by atoms with van der Waals surface area (Å²) in [7, 11) is 0. The Morgan fingerprint density at radius 3 is 2.70 bits per heavy atom. The van der Waals surface area contributed by atoms with Crippen LogP contribution in [0.1, 0.15) is 38.2 Å². The lowest BCUT2D eigenvalue weighted by molar-refractivity contribution is -0.119. The number of benzene rings is 1. The number of ketones is 1. The predicted octanol–water partition coefficient (Wildman–Crippen LogP) is 3.74. The van der Waals surface area contributed by atoms with Gasteiger partial charge in [-0.2, -0.15) is 5.26 Å². The van der Waals surface area contributed by atoms with E-state index in [0.717, 1.165) is 9.13 Å². The van der Waals surface area contributed by atoms with Crippen molar-refractivity contribution in [1.82, 2.24) is 0 Å². The number of carbonyl (C=O) groups is 1. The molecule has 0 saturated heterocycles. The zero-order valence-electron chi connectivity index (χ0n) is 13.0. The largest absolute Gasteiger partial charge is 0.444 e. The summed E-state index contributed by atoms with van der Waals surface area (Å²) in [5.41, 5.74) is 7.68. The van der Waals surface area contributed by atoms with Crippen LogP contribution in [0.25, 0.3) is 0 Å².